The van der Waals surface area contributed by atoms with E-state index in [1.54, 1.807) is 0 Å². The van der Waals surface area contributed by atoms with Crippen LogP contribution in [0.15, 0.2) is 12.5 Å². The Kier molecular flexibility index (Phi) is 6.03. The zero-order valence-corrected chi connectivity index (χ0v) is 11.8. The third-order valence-corrected chi connectivity index (χ3v) is 3.70. The Bertz CT molecular complexity index is 527. The van der Waals surface area contributed by atoms with Crippen molar-refractivity contribution in [3.63, 3.8) is 0 Å². The molecule has 1 atom stereocenters. The fraction of sp³-hybridized carbons (Fsp3) is 0.500. The predicted octanol–water partition coefficient (Wildman–Crippen LogP) is -0.901. The van der Waals surface area contributed by atoms with E-state index in [9.17, 15) is 23.9 Å². The average Bonchev–Trinajstić information content (AvgIpc) is 2.86. The number of amides is 1. The van der Waals surface area contributed by atoms with Crippen LogP contribution in [0.5, 0.6) is 0 Å². The van der Waals surface area contributed by atoms with Gasteiger partial charge in [-0.1, -0.05) is 0 Å². The van der Waals surface area contributed by atoms with Crippen LogP contribution in [0.4, 0.5) is 0 Å². The molecule has 0 saturated carbocycles. The zero-order valence-electron chi connectivity index (χ0n) is 10.9. The lowest BCUT2D eigenvalue weighted by Gasteiger charge is -2.28. The van der Waals surface area contributed by atoms with E-state index in [0.29, 0.717) is 5.69 Å². The summed E-state index contributed by atoms with van der Waals surface area (Å²) in [4.78, 5) is 47.9. The molecule has 5 N–H and O–H groups in total. The van der Waals surface area contributed by atoms with Crippen molar-refractivity contribution in [3.05, 3.63) is 18.2 Å². The van der Waals surface area contributed by atoms with Gasteiger partial charge in [0.1, 0.15) is 6.04 Å². The van der Waals surface area contributed by atoms with Crippen LogP contribution in [-0.4, -0.2) is 59.2 Å². The van der Waals surface area contributed by atoms with Gasteiger partial charge in [-0.3, -0.25) is 4.79 Å². The van der Waals surface area contributed by atoms with Crippen LogP contribution in [0.1, 0.15) is 18.5 Å². The zero-order chi connectivity index (χ0) is 16.0. The molecule has 0 aliphatic carbocycles. The van der Waals surface area contributed by atoms with Gasteiger partial charge in [-0.15, -0.1) is 0 Å². The van der Waals surface area contributed by atoms with Gasteiger partial charge in [0.25, 0.3) is 0 Å². The summed E-state index contributed by atoms with van der Waals surface area (Å²) in [6.45, 7) is -0.348. The van der Waals surface area contributed by atoms with Crippen molar-refractivity contribution < 1.29 is 34.2 Å². The van der Waals surface area contributed by atoms with Crippen LogP contribution >= 0.6 is 7.75 Å². The number of aromatic nitrogens is 2. The number of aromatic amines is 1. The molecule has 11 heteroatoms. The first-order valence-electron chi connectivity index (χ1n) is 5.96. The number of H-pyrrole nitrogens is 1. The normalized spacial score (nSPS) is 12.9. The first-order chi connectivity index (χ1) is 9.77. The van der Waals surface area contributed by atoms with Crippen LogP contribution in [-0.2, 0) is 20.6 Å². The molecule has 1 aromatic heterocycles. The summed E-state index contributed by atoms with van der Waals surface area (Å²) in [7, 11) is -5.11. The van der Waals surface area contributed by atoms with E-state index in [0.717, 1.165) is 0 Å². The minimum Gasteiger partial charge on any atom is -0.480 e. The Morgan fingerprint density at radius 3 is 2.52 bits per heavy atom. The number of aliphatic carboxylic acids is 1. The maximum Gasteiger partial charge on any atom is 0.433 e. The standard InChI is InChI=1S/C10H16N3O7P/c14-3-1-2-9(15)13(21(18,19)20)8(10(16)17)4-7-5-11-6-12-7/h5-6,8,14H,1-4H2,(H,11,12)(H,16,17)(H2,18,19,20)/t8-/m0/s1. The molecule has 0 aromatic carbocycles. The average molecular weight is 321 g/mol. The van der Waals surface area contributed by atoms with E-state index in [1.165, 1.54) is 12.5 Å². The Morgan fingerprint density at radius 1 is 1.43 bits per heavy atom. The van der Waals surface area contributed by atoms with Crippen LogP contribution in [0.2, 0.25) is 0 Å². The molecule has 1 rings (SSSR count). The molecule has 0 aliphatic rings. The summed E-state index contributed by atoms with van der Waals surface area (Å²) in [6.07, 6.45) is 1.86. The van der Waals surface area contributed by atoms with Crippen molar-refractivity contribution in [2.75, 3.05) is 6.61 Å². The molecule has 0 spiro atoms. The summed E-state index contributed by atoms with van der Waals surface area (Å²) < 4.78 is 11.5. The Morgan fingerprint density at radius 2 is 2.10 bits per heavy atom. The molecule has 1 amide bonds. The van der Waals surface area contributed by atoms with Gasteiger partial charge in [0, 0.05) is 31.3 Å². The molecule has 0 radical (unpaired) electrons. The highest BCUT2D eigenvalue weighted by atomic mass is 31.2. The highest BCUT2D eigenvalue weighted by Gasteiger charge is 2.40. The molecule has 0 unspecified atom stereocenters. The number of carbonyl (C=O) groups excluding carboxylic acids is 1. The number of nitrogens with one attached hydrogen (secondary N) is 1. The quantitative estimate of drug-likeness (QED) is 0.384. The van der Waals surface area contributed by atoms with Crippen LogP contribution in [0.25, 0.3) is 0 Å². The molecule has 1 aromatic rings. The number of hydrogen-bond donors (Lipinski definition) is 5. The lowest BCUT2D eigenvalue weighted by Crippen LogP contribution is -2.44. The number of hydrogen-bond acceptors (Lipinski definition) is 5. The summed E-state index contributed by atoms with van der Waals surface area (Å²) in [5.74, 6) is -2.59. The van der Waals surface area contributed by atoms with Crippen molar-refractivity contribution in [1.82, 2.24) is 14.6 Å². The van der Waals surface area contributed by atoms with Gasteiger partial charge in [-0.2, -0.15) is 0 Å². The van der Waals surface area contributed by atoms with Gasteiger partial charge in [-0.25, -0.2) is 19.0 Å². The molecule has 21 heavy (non-hydrogen) atoms. The van der Waals surface area contributed by atoms with E-state index in [1.807, 2.05) is 0 Å². The SMILES string of the molecule is O=C(O)[C@H](Cc1cnc[nH]1)N(C(=O)CCCO)P(=O)(O)O. The molecule has 0 aliphatic heterocycles. The van der Waals surface area contributed by atoms with Gasteiger partial charge in [0.15, 0.2) is 0 Å². The van der Waals surface area contributed by atoms with Crippen molar-refractivity contribution in [2.24, 2.45) is 0 Å². The highest BCUT2D eigenvalue weighted by Crippen LogP contribution is 2.43. The predicted molar refractivity (Wildman–Crippen MR) is 68.9 cm³/mol. The first-order valence-corrected chi connectivity index (χ1v) is 7.53. The molecular weight excluding hydrogens is 305 g/mol. The highest BCUT2D eigenvalue weighted by molar-refractivity contribution is 7.50. The third-order valence-electron chi connectivity index (χ3n) is 2.63. The van der Waals surface area contributed by atoms with Crippen molar-refractivity contribution in [2.45, 2.75) is 25.3 Å². The molecule has 1 heterocycles. The number of carboxylic acid groups (broad SMARTS) is 1. The second-order valence-electron chi connectivity index (χ2n) is 4.21. The topological polar surface area (TPSA) is 164 Å². The summed E-state index contributed by atoms with van der Waals surface area (Å²) in [5, 5.41) is 17.8. The second kappa shape index (κ2) is 7.32. The fourth-order valence-corrected chi connectivity index (χ4v) is 2.66. The Balaban J connectivity index is 3.04. The van der Waals surface area contributed by atoms with Crippen LogP contribution < -0.4 is 0 Å². The van der Waals surface area contributed by atoms with Gasteiger partial charge < -0.3 is 25.0 Å². The Hall–Kier alpha value is -1.74. The number of aliphatic hydroxyl groups excluding tert-OH is 1. The summed E-state index contributed by atoms with van der Waals surface area (Å²) in [5.41, 5.74) is 0.316. The van der Waals surface area contributed by atoms with Gasteiger partial charge in [0.05, 0.1) is 6.33 Å². The number of aliphatic hydroxyl groups is 1. The van der Waals surface area contributed by atoms with Crippen LogP contribution in [0, 0.1) is 0 Å². The lowest BCUT2D eigenvalue weighted by molar-refractivity contribution is -0.147. The molecule has 0 saturated heterocycles. The molecule has 0 bridgehead atoms. The Labute approximate surface area is 119 Å². The smallest absolute Gasteiger partial charge is 0.433 e. The number of nitrogens with zero attached hydrogens (tertiary/aromatic N) is 2. The molecule has 118 valence electrons. The molecule has 0 fully saturated rings. The lowest BCUT2D eigenvalue weighted by atomic mass is 10.1. The summed E-state index contributed by atoms with van der Waals surface area (Å²) in [6, 6.07) is -1.74. The van der Waals surface area contributed by atoms with Crippen molar-refractivity contribution in [3.8, 4) is 0 Å². The number of imidazole rings is 1. The molecular formula is C10H16N3O7P. The minimum atomic E-state index is -5.11. The number of rotatable bonds is 8. The van der Waals surface area contributed by atoms with Gasteiger partial charge in [-0.05, 0) is 6.42 Å². The van der Waals surface area contributed by atoms with E-state index in [-0.39, 0.29) is 30.5 Å². The first kappa shape index (κ1) is 17.3. The number of carboxylic acids is 1. The maximum atomic E-state index is 11.9. The minimum absolute atomic E-state index is 0.0221. The fourth-order valence-electron chi connectivity index (χ4n) is 1.73. The van der Waals surface area contributed by atoms with E-state index < -0.39 is 25.7 Å². The van der Waals surface area contributed by atoms with Gasteiger partial charge >= 0.3 is 13.7 Å². The van der Waals surface area contributed by atoms with Crippen molar-refractivity contribution in [1.29, 1.82) is 0 Å². The second-order valence-corrected chi connectivity index (χ2v) is 5.67. The van der Waals surface area contributed by atoms with Crippen LogP contribution in [0.3, 0.4) is 0 Å². The number of carbonyl (C=O) groups is 2. The third kappa shape index (κ3) is 4.94. The molecule has 10 nitrogen and oxygen atoms in total. The maximum absolute atomic E-state index is 11.9. The monoisotopic (exact) mass is 321 g/mol. The largest absolute Gasteiger partial charge is 0.480 e. The van der Waals surface area contributed by atoms with Crippen molar-refractivity contribution >= 4 is 19.6 Å². The van der Waals surface area contributed by atoms with Gasteiger partial charge in [0.2, 0.25) is 5.91 Å². The van der Waals surface area contributed by atoms with E-state index in [4.69, 9.17) is 10.2 Å². The van der Waals surface area contributed by atoms with E-state index in [2.05, 4.69) is 9.97 Å². The van der Waals surface area contributed by atoms with E-state index >= 15 is 0 Å². The summed E-state index contributed by atoms with van der Waals surface area (Å²) >= 11 is 0.